The van der Waals surface area contributed by atoms with Crippen molar-refractivity contribution in [2.45, 2.75) is 53.0 Å². The van der Waals surface area contributed by atoms with Gasteiger partial charge >= 0.3 is 0 Å². The standard InChI is InChI=1S/C12H24N2O2/c1-5-6-10(11(13)15)14-12(16)9(4)7-8(2)3/h8-10H,5-7H2,1-4H3,(H2,13,15)(H,14,16)/t9-,10+/m0/s1. The predicted molar refractivity (Wildman–Crippen MR) is 64.7 cm³/mol. The Kier molecular flexibility index (Phi) is 6.77. The summed E-state index contributed by atoms with van der Waals surface area (Å²) in [5.41, 5.74) is 5.22. The normalized spacial score (nSPS) is 14.6. The summed E-state index contributed by atoms with van der Waals surface area (Å²) in [6, 6.07) is -0.521. The molecule has 2 atom stereocenters. The number of carbonyl (C=O) groups is 2. The Labute approximate surface area is 98.0 Å². The lowest BCUT2D eigenvalue weighted by atomic mass is 9.97. The van der Waals surface area contributed by atoms with Crippen molar-refractivity contribution < 1.29 is 9.59 Å². The lowest BCUT2D eigenvalue weighted by molar-refractivity contribution is -0.130. The first-order valence-corrected chi connectivity index (χ1v) is 5.98. The largest absolute Gasteiger partial charge is 0.368 e. The minimum atomic E-state index is -0.521. The third-order valence-corrected chi connectivity index (χ3v) is 2.51. The molecule has 0 fully saturated rings. The van der Waals surface area contributed by atoms with E-state index in [0.717, 1.165) is 12.8 Å². The number of carbonyl (C=O) groups excluding carboxylic acids is 2. The summed E-state index contributed by atoms with van der Waals surface area (Å²) in [5, 5.41) is 2.71. The van der Waals surface area contributed by atoms with Crippen LogP contribution in [-0.2, 0) is 9.59 Å². The van der Waals surface area contributed by atoms with Crippen LogP contribution >= 0.6 is 0 Å². The van der Waals surface area contributed by atoms with Crippen LogP contribution in [0.3, 0.4) is 0 Å². The zero-order chi connectivity index (χ0) is 12.7. The highest BCUT2D eigenvalue weighted by atomic mass is 16.2. The molecule has 0 spiro atoms. The van der Waals surface area contributed by atoms with Crippen LogP contribution in [0.15, 0.2) is 0 Å². The zero-order valence-corrected chi connectivity index (χ0v) is 10.7. The van der Waals surface area contributed by atoms with E-state index in [2.05, 4.69) is 19.2 Å². The van der Waals surface area contributed by atoms with E-state index < -0.39 is 11.9 Å². The molecule has 0 unspecified atom stereocenters. The highest BCUT2D eigenvalue weighted by Crippen LogP contribution is 2.11. The van der Waals surface area contributed by atoms with Gasteiger partial charge in [-0.1, -0.05) is 34.1 Å². The molecule has 0 aliphatic heterocycles. The zero-order valence-electron chi connectivity index (χ0n) is 10.7. The number of hydrogen-bond donors (Lipinski definition) is 2. The van der Waals surface area contributed by atoms with E-state index in [0.29, 0.717) is 12.3 Å². The SMILES string of the molecule is CCC[C@@H](NC(=O)[C@@H](C)CC(C)C)C(N)=O. The van der Waals surface area contributed by atoms with Gasteiger partial charge in [0, 0.05) is 5.92 Å². The number of amides is 2. The van der Waals surface area contributed by atoms with Gasteiger partial charge in [-0.3, -0.25) is 9.59 Å². The molecule has 0 saturated heterocycles. The van der Waals surface area contributed by atoms with Crippen LogP contribution < -0.4 is 11.1 Å². The molecule has 4 nitrogen and oxygen atoms in total. The Balaban J connectivity index is 4.23. The minimum absolute atomic E-state index is 0.0706. The molecular weight excluding hydrogens is 204 g/mol. The molecule has 3 N–H and O–H groups in total. The molecule has 0 aromatic heterocycles. The summed E-state index contributed by atoms with van der Waals surface area (Å²) in [6.45, 7) is 7.97. The predicted octanol–water partition coefficient (Wildman–Crippen LogP) is 1.44. The van der Waals surface area contributed by atoms with Crippen molar-refractivity contribution in [1.82, 2.24) is 5.32 Å². The van der Waals surface area contributed by atoms with Crippen LogP contribution in [0.4, 0.5) is 0 Å². The fourth-order valence-electron chi connectivity index (χ4n) is 1.70. The third kappa shape index (κ3) is 5.73. The van der Waals surface area contributed by atoms with Crippen molar-refractivity contribution in [3.05, 3.63) is 0 Å². The van der Waals surface area contributed by atoms with E-state index in [9.17, 15) is 9.59 Å². The monoisotopic (exact) mass is 228 g/mol. The minimum Gasteiger partial charge on any atom is -0.368 e. The molecule has 0 aromatic rings. The molecular formula is C12H24N2O2. The van der Waals surface area contributed by atoms with Gasteiger partial charge in [-0.25, -0.2) is 0 Å². The van der Waals surface area contributed by atoms with Crippen LogP contribution in [0, 0.1) is 11.8 Å². The first kappa shape index (κ1) is 14.9. The lowest BCUT2D eigenvalue weighted by Crippen LogP contribution is -2.46. The quantitative estimate of drug-likeness (QED) is 0.692. The molecule has 94 valence electrons. The number of nitrogens with two attached hydrogens (primary N) is 1. The number of hydrogen-bond acceptors (Lipinski definition) is 2. The average molecular weight is 228 g/mol. The van der Waals surface area contributed by atoms with Crippen LogP contribution in [0.1, 0.15) is 47.0 Å². The van der Waals surface area contributed by atoms with Crippen molar-refractivity contribution >= 4 is 11.8 Å². The molecule has 0 aliphatic carbocycles. The van der Waals surface area contributed by atoms with Gasteiger partial charge in [-0.05, 0) is 18.8 Å². The first-order valence-electron chi connectivity index (χ1n) is 5.98. The maximum atomic E-state index is 11.7. The van der Waals surface area contributed by atoms with Gasteiger partial charge in [0.05, 0.1) is 0 Å². The fraction of sp³-hybridized carbons (Fsp3) is 0.833. The van der Waals surface area contributed by atoms with Gasteiger partial charge in [0.1, 0.15) is 6.04 Å². The molecule has 0 aromatic carbocycles. The highest BCUT2D eigenvalue weighted by Gasteiger charge is 2.21. The number of primary amides is 1. The van der Waals surface area contributed by atoms with Crippen molar-refractivity contribution in [3.8, 4) is 0 Å². The second-order valence-corrected chi connectivity index (χ2v) is 4.78. The Bertz CT molecular complexity index is 239. The second kappa shape index (κ2) is 7.25. The third-order valence-electron chi connectivity index (χ3n) is 2.51. The Morgan fingerprint density at radius 3 is 2.19 bits per heavy atom. The van der Waals surface area contributed by atoms with Gasteiger partial charge < -0.3 is 11.1 Å². The molecule has 2 amide bonds. The van der Waals surface area contributed by atoms with Crippen molar-refractivity contribution in [2.75, 3.05) is 0 Å². The molecule has 0 aliphatic rings. The van der Waals surface area contributed by atoms with E-state index >= 15 is 0 Å². The van der Waals surface area contributed by atoms with Crippen molar-refractivity contribution in [3.63, 3.8) is 0 Å². The van der Waals surface area contributed by atoms with Gasteiger partial charge in [0.15, 0.2) is 0 Å². The van der Waals surface area contributed by atoms with Crippen LogP contribution in [0.2, 0.25) is 0 Å². The van der Waals surface area contributed by atoms with Crippen LogP contribution in [0.25, 0.3) is 0 Å². The molecule has 0 rings (SSSR count). The van der Waals surface area contributed by atoms with E-state index in [4.69, 9.17) is 5.73 Å². The average Bonchev–Trinajstić information content (AvgIpc) is 2.15. The Morgan fingerprint density at radius 1 is 1.25 bits per heavy atom. The summed E-state index contributed by atoms with van der Waals surface area (Å²) >= 11 is 0. The fourth-order valence-corrected chi connectivity index (χ4v) is 1.70. The molecule has 0 saturated carbocycles. The van der Waals surface area contributed by atoms with E-state index in [1.165, 1.54) is 0 Å². The van der Waals surface area contributed by atoms with Gasteiger partial charge in [0.2, 0.25) is 11.8 Å². The van der Waals surface area contributed by atoms with Gasteiger partial charge in [0.25, 0.3) is 0 Å². The summed E-state index contributed by atoms with van der Waals surface area (Å²) in [4.78, 5) is 22.8. The summed E-state index contributed by atoms with van der Waals surface area (Å²) < 4.78 is 0. The number of rotatable bonds is 7. The second-order valence-electron chi connectivity index (χ2n) is 4.78. The summed E-state index contributed by atoms with van der Waals surface area (Å²) in [6.07, 6.45) is 2.26. The summed E-state index contributed by atoms with van der Waals surface area (Å²) in [5.74, 6) is -0.129. The first-order chi connectivity index (χ1) is 7.38. The van der Waals surface area contributed by atoms with Gasteiger partial charge in [-0.15, -0.1) is 0 Å². The van der Waals surface area contributed by atoms with E-state index in [1.54, 1.807) is 0 Å². The Hall–Kier alpha value is -1.06. The molecule has 0 radical (unpaired) electrons. The van der Waals surface area contributed by atoms with Crippen molar-refractivity contribution in [2.24, 2.45) is 17.6 Å². The van der Waals surface area contributed by atoms with E-state index in [1.807, 2.05) is 13.8 Å². The topological polar surface area (TPSA) is 72.2 Å². The van der Waals surface area contributed by atoms with Gasteiger partial charge in [-0.2, -0.15) is 0 Å². The maximum absolute atomic E-state index is 11.7. The van der Waals surface area contributed by atoms with Crippen LogP contribution in [0.5, 0.6) is 0 Å². The van der Waals surface area contributed by atoms with E-state index in [-0.39, 0.29) is 11.8 Å². The molecule has 4 heteroatoms. The highest BCUT2D eigenvalue weighted by molar-refractivity contribution is 5.87. The lowest BCUT2D eigenvalue weighted by Gasteiger charge is -2.19. The summed E-state index contributed by atoms with van der Waals surface area (Å²) in [7, 11) is 0. The Morgan fingerprint density at radius 2 is 1.81 bits per heavy atom. The van der Waals surface area contributed by atoms with Crippen LogP contribution in [-0.4, -0.2) is 17.9 Å². The molecule has 16 heavy (non-hydrogen) atoms. The molecule has 0 heterocycles. The smallest absolute Gasteiger partial charge is 0.239 e. The number of nitrogens with one attached hydrogen (secondary N) is 1. The maximum Gasteiger partial charge on any atom is 0.239 e. The molecule has 0 bridgehead atoms. The van der Waals surface area contributed by atoms with Crippen molar-refractivity contribution in [1.29, 1.82) is 0 Å².